The van der Waals surface area contributed by atoms with Gasteiger partial charge < -0.3 is 9.84 Å². The Hall–Kier alpha value is -0.550. The number of aromatic nitrogens is 2. The Morgan fingerprint density at radius 3 is 3.00 bits per heavy atom. The Labute approximate surface area is 86.8 Å². The van der Waals surface area contributed by atoms with Gasteiger partial charge in [-0.15, -0.1) is 0 Å². The van der Waals surface area contributed by atoms with E-state index in [-0.39, 0.29) is 0 Å². The van der Waals surface area contributed by atoms with E-state index in [0.29, 0.717) is 11.2 Å². The van der Waals surface area contributed by atoms with Crippen molar-refractivity contribution in [2.45, 2.75) is 24.0 Å². The van der Waals surface area contributed by atoms with Gasteiger partial charge in [-0.1, -0.05) is 5.16 Å². The second kappa shape index (κ2) is 3.55. The van der Waals surface area contributed by atoms with Crippen LogP contribution in [0.4, 0.5) is 0 Å². The minimum absolute atomic E-state index is 0.461. The van der Waals surface area contributed by atoms with Crippen LogP contribution in [0.5, 0.6) is 0 Å². The molecular weight excluding hydrogens is 198 g/mol. The molecule has 0 aromatic carbocycles. The van der Waals surface area contributed by atoms with Crippen LogP contribution in [0, 0.1) is 0 Å². The van der Waals surface area contributed by atoms with Crippen LogP contribution in [0.25, 0.3) is 0 Å². The molecule has 2 fully saturated rings. The van der Waals surface area contributed by atoms with Crippen molar-refractivity contribution in [1.29, 1.82) is 0 Å². The molecule has 2 aliphatic rings. The lowest BCUT2D eigenvalue weighted by Gasteiger charge is -2.22. The zero-order valence-electron chi connectivity index (χ0n) is 7.90. The predicted molar refractivity (Wildman–Crippen MR) is 54.3 cm³/mol. The molecule has 3 rings (SSSR count). The molecule has 14 heavy (non-hydrogen) atoms. The number of nitrogens with one attached hydrogen (secondary N) is 1. The molecule has 0 bridgehead atoms. The summed E-state index contributed by atoms with van der Waals surface area (Å²) in [7, 11) is 0. The summed E-state index contributed by atoms with van der Waals surface area (Å²) in [5.74, 6) is 3.43. The quantitative estimate of drug-likeness (QED) is 0.799. The standard InChI is InChI=1S/C9H13N3OS/c1-2-7(14-3-1)8-11-9(13-12-8)6-4-10-5-6/h6-7,10H,1-5H2. The summed E-state index contributed by atoms with van der Waals surface area (Å²) in [5, 5.41) is 7.76. The normalized spacial score (nSPS) is 27.9. The largest absolute Gasteiger partial charge is 0.339 e. The summed E-state index contributed by atoms with van der Waals surface area (Å²) in [4.78, 5) is 4.48. The monoisotopic (exact) mass is 211 g/mol. The minimum atomic E-state index is 0.461. The number of nitrogens with zero attached hydrogens (tertiary/aromatic N) is 2. The van der Waals surface area contributed by atoms with Crippen LogP contribution in [0.3, 0.4) is 0 Å². The highest BCUT2D eigenvalue weighted by Gasteiger charge is 2.28. The zero-order chi connectivity index (χ0) is 9.38. The molecule has 4 nitrogen and oxygen atoms in total. The number of hydrogen-bond acceptors (Lipinski definition) is 5. The third-order valence-electron chi connectivity index (χ3n) is 2.81. The molecule has 2 saturated heterocycles. The highest BCUT2D eigenvalue weighted by atomic mass is 32.2. The van der Waals surface area contributed by atoms with Gasteiger partial charge in [-0.2, -0.15) is 16.7 Å². The van der Waals surface area contributed by atoms with Crippen LogP contribution in [0.15, 0.2) is 4.52 Å². The smallest absolute Gasteiger partial charge is 0.232 e. The molecule has 1 aromatic rings. The molecule has 0 aliphatic carbocycles. The summed E-state index contributed by atoms with van der Waals surface area (Å²) in [5.41, 5.74) is 0. The maximum atomic E-state index is 5.27. The van der Waals surface area contributed by atoms with E-state index >= 15 is 0 Å². The van der Waals surface area contributed by atoms with Gasteiger partial charge in [-0.3, -0.25) is 0 Å². The van der Waals surface area contributed by atoms with Crippen LogP contribution in [0.1, 0.15) is 35.7 Å². The number of hydrogen-bond donors (Lipinski definition) is 1. The van der Waals surface area contributed by atoms with Crippen LogP contribution >= 0.6 is 11.8 Å². The minimum Gasteiger partial charge on any atom is -0.339 e. The molecule has 0 spiro atoms. The summed E-state index contributed by atoms with van der Waals surface area (Å²) in [6, 6.07) is 0. The van der Waals surface area contributed by atoms with Crippen molar-refractivity contribution in [3.05, 3.63) is 11.7 Å². The van der Waals surface area contributed by atoms with Crippen LogP contribution < -0.4 is 5.32 Å². The predicted octanol–water partition coefficient (Wildman–Crippen LogP) is 1.32. The first kappa shape index (κ1) is 8.73. The number of thioether (sulfide) groups is 1. The summed E-state index contributed by atoms with van der Waals surface area (Å²) < 4.78 is 5.27. The van der Waals surface area contributed by atoms with Gasteiger partial charge >= 0.3 is 0 Å². The van der Waals surface area contributed by atoms with Gasteiger partial charge in [0.15, 0.2) is 5.82 Å². The van der Waals surface area contributed by atoms with E-state index in [1.807, 2.05) is 11.8 Å². The van der Waals surface area contributed by atoms with E-state index in [0.717, 1.165) is 24.8 Å². The van der Waals surface area contributed by atoms with Gasteiger partial charge in [0, 0.05) is 13.1 Å². The second-order valence-corrected chi connectivity index (χ2v) is 5.16. The van der Waals surface area contributed by atoms with Gasteiger partial charge in [-0.05, 0) is 18.6 Å². The SMILES string of the molecule is C1CSC(c2noc(C3CNC3)n2)C1. The van der Waals surface area contributed by atoms with Crippen molar-refractivity contribution in [3.63, 3.8) is 0 Å². The van der Waals surface area contributed by atoms with Crippen LogP contribution in [-0.4, -0.2) is 29.0 Å². The first-order valence-electron chi connectivity index (χ1n) is 5.09. The van der Waals surface area contributed by atoms with E-state index < -0.39 is 0 Å². The van der Waals surface area contributed by atoms with Crippen LogP contribution in [-0.2, 0) is 0 Å². The first-order valence-corrected chi connectivity index (χ1v) is 6.14. The third-order valence-corrected chi connectivity index (χ3v) is 4.18. The Bertz CT molecular complexity index is 318. The van der Waals surface area contributed by atoms with Gasteiger partial charge in [0.25, 0.3) is 0 Å². The molecule has 1 N–H and O–H groups in total. The molecule has 1 aromatic heterocycles. The fourth-order valence-corrected chi connectivity index (χ4v) is 2.98. The highest BCUT2D eigenvalue weighted by molar-refractivity contribution is 7.99. The molecule has 3 heterocycles. The molecule has 2 aliphatic heterocycles. The van der Waals surface area contributed by atoms with Crippen molar-refractivity contribution >= 4 is 11.8 Å². The first-order chi connectivity index (χ1) is 6.93. The van der Waals surface area contributed by atoms with Crippen molar-refractivity contribution in [2.24, 2.45) is 0 Å². The van der Waals surface area contributed by atoms with E-state index in [2.05, 4.69) is 15.5 Å². The third kappa shape index (κ3) is 1.44. The maximum Gasteiger partial charge on any atom is 0.232 e. The Morgan fingerprint density at radius 2 is 2.36 bits per heavy atom. The van der Waals surface area contributed by atoms with Crippen molar-refractivity contribution in [2.75, 3.05) is 18.8 Å². The van der Waals surface area contributed by atoms with E-state index in [1.165, 1.54) is 18.6 Å². The van der Waals surface area contributed by atoms with Gasteiger partial charge in [0.05, 0.1) is 11.2 Å². The average Bonchev–Trinajstić information content (AvgIpc) is 2.65. The lowest BCUT2D eigenvalue weighted by molar-refractivity contribution is 0.306. The molecule has 1 unspecified atom stereocenters. The lowest BCUT2D eigenvalue weighted by Crippen LogP contribution is -2.40. The zero-order valence-corrected chi connectivity index (χ0v) is 8.72. The Kier molecular flexibility index (Phi) is 2.21. The van der Waals surface area contributed by atoms with Crippen LogP contribution in [0.2, 0.25) is 0 Å². The van der Waals surface area contributed by atoms with E-state index in [4.69, 9.17) is 4.52 Å². The molecule has 0 radical (unpaired) electrons. The van der Waals surface area contributed by atoms with Gasteiger partial charge in [0.2, 0.25) is 5.89 Å². The molecule has 76 valence electrons. The second-order valence-electron chi connectivity index (χ2n) is 3.85. The molecule has 5 heteroatoms. The average molecular weight is 211 g/mol. The fraction of sp³-hybridized carbons (Fsp3) is 0.778. The topological polar surface area (TPSA) is 51.0 Å². The van der Waals surface area contributed by atoms with E-state index in [1.54, 1.807) is 0 Å². The summed E-state index contributed by atoms with van der Waals surface area (Å²) in [6.45, 7) is 1.97. The maximum absolute atomic E-state index is 5.27. The Morgan fingerprint density at radius 1 is 1.43 bits per heavy atom. The van der Waals surface area contributed by atoms with Crippen molar-refractivity contribution in [1.82, 2.24) is 15.5 Å². The highest BCUT2D eigenvalue weighted by Crippen LogP contribution is 2.38. The summed E-state index contributed by atoms with van der Waals surface area (Å²) in [6.07, 6.45) is 2.48. The molecular formula is C9H13N3OS. The fourth-order valence-electron chi connectivity index (χ4n) is 1.79. The molecule has 0 amide bonds. The number of rotatable bonds is 2. The lowest BCUT2D eigenvalue weighted by atomic mass is 10.0. The van der Waals surface area contributed by atoms with Crippen molar-refractivity contribution in [3.8, 4) is 0 Å². The van der Waals surface area contributed by atoms with Gasteiger partial charge in [0.1, 0.15) is 0 Å². The van der Waals surface area contributed by atoms with E-state index in [9.17, 15) is 0 Å². The Balaban J connectivity index is 1.75. The molecule has 0 saturated carbocycles. The molecule has 1 atom stereocenters. The van der Waals surface area contributed by atoms with Crippen molar-refractivity contribution < 1.29 is 4.52 Å². The summed E-state index contributed by atoms with van der Waals surface area (Å²) >= 11 is 1.95. The van der Waals surface area contributed by atoms with Gasteiger partial charge in [-0.25, -0.2) is 0 Å².